The molecule has 0 aromatic heterocycles. The number of alkyl halides is 4. The standard InChI is InChI=1S/C3H2F4O5S2/c4-2(5,13(9)10)1(8)3(6,7)14(11)12/h13-14H. The first kappa shape index (κ1) is 13.3. The first-order valence-electron chi connectivity index (χ1n) is 2.64. The molecule has 0 heterocycles. The van der Waals surface area contributed by atoms with Gasteiger partial charge in [0.2, 0.25) is 21.4 Å². The molecule has 0 aliphatic rings. The van der Waals surface area contributed by atoms with Crippen molar-refractivity contribution in [3.8, 4) is 0 Å². The van der Waals surface area contributed by atoms with Crippen LogP contribution in [0.2, 0.25) is 0 Å². The zero-order valence-electron chi connectivity index (χ0n) is 5.95. The molecule has 0 unspecified atom stereocenters. The Morgan fingerprint density at radius 1 is 0.786 bits per heavy atom. The van der Waals surface area contributed by atoms with Crippen molar-refractivity contribution in [1.29, 1.82) is 0 Å². The highest BCUT2D eigenvalue weighted by Gasteiger charge is 2.59. The van der Waals surface area contributed by atoms with Crippen LogP contribution < -0.4 is 0 Å². The molecule has 0 N–H and O–H groups in total. The highest BCUT2D eigenvalue weighted by molar-refractivity contribution is 7.76. The summed E-state index contributed by atoms with van der Waals surface area (Å²) in [6.07, 6.45) is 0. The Hall–Kier alpha value is -0.710. The SMILES string of the molecule is O=C(C(F)(F)[SH](=O)=O)C(F)(F)[SH](=O)=O. The van der Waals surface area contributed by atoms with Gasteiger partial charge in [0.05, 0.1) is 0 Å². The molecule has 0 bridgehead atoms. The van der Waals surface area contributed by atoms with Crippen LogP contribution in [0.15, 0.2) is 0 Å². The van der Waals surface area contributed by atoms with Crippen LogP contribution in [0.25, 0.3) is 0 Å². The lowest BCUT2D eigenvalue weighted by Gasteiger charge is -2.11. The van der Waals surface area contributed by atoms with E-state index < -0.39 is 37.7 Å². The third-order valence-electron chi connectivity index (χ3n) is 1.00. The van der Waals surface area contributed by atoms with Crippen LogP contribution in [-0.2, 0) is 26.2 Å². The van der Waals surface area contributed by atoms with Crippen molar-refractivity contribution in [2.75, 3.05) is 0 Å². The summed E-state index contributed by atoms with van der Waals surface area (Å²) in [4.78, 5) is 10.1. The Bertz CT molecular complexity index is 342. The monoisotopic (exact) mass is 258 g/mol. The number of Topliss-reactive ketones (excluding diaryl/α,β-unsaturated/α-hetero) is 1. The van der Waals surface area contributed by atoms with Crippen molar-refractivity contribution in [2.45, 2.75) is 10.5 Å². The summed E-state index contributed by atoms with van der Waals surface area (Å²) in [6, 6.07) is 0. The third kappa shape index (κ3) is 2.20. The van der Waals surface area contributed by atoms with Crippen molar-refractivity contribution in [1.82, 2.24) is 0 Å². The van der Waals surface area contributed by atoms with Crippen LogP contribution in [0.3, 0.4) is 0 Å². The zero-order chi connectivity index (χ0) is 11.7. The molecule has 5 nitrogen and oxygen atoms in total. The molecule has 0 atom stereocenters. The van der Waals surface area contributed by atoms with Gasteiger partial charge in [-0.05, 0) is 0 Å². The van der Waals surface area contributed by atoms with Crippen molar-refractivity contribution >= 4 is 27.2 Å². The molecule has 0 amide bonds. The van der Waals surface area contributed by atoms with Crippen LogP contribution in [-0.4, -0.2) is 33.1 Å². The highest BCUT2D eigenvalue weighted by atomic mass is 32.2. The molecule has 0 spiro atoms. The minimum absolute atomic E-state index is 3.47. The topological polar surface area (TPSA) is 85.3 Å². The van der Waals surface area contributed by atoms with E-state index >= 15 is 0 Å². The molecular formula is C3H2F4O5S2. The Morgan fingerprint density at radius 3 is 1.14 bits per heavy atom. The number of thiol groups is 2. The molecule has 0 saturated heterocycles. The summed E-state index contributed by atoms with van der Waals surface area (Å²) in [7, 11) is -9.60. The number of carbonyl (C=O) groups excluding carboxylic acids is 1. The van der Waals surface area contributed by atoms with Gasteiger partial charge < -0.3 is 0 Å². The van der Waals surface area contributed by atoms with Crippen molar-refractivity contribution < 1.29 is 39.2 Å². The number of hydrogen-bond donors (Lipinski definition) is 2. The summed E-state index contributed by atoms with van der Waals surface area (Å²) in [6.45, 7) is 0. The fraction of sp³-hybridized carbons (Fsp3) is 0.667. The molecule has 0 aliphatic heterocycles. The Balaban J connectivity index is 5.37. The lowest BCUT2D eigenvalue weighted by atomic mass is 10.4. The van der Waals surface area contributed by atoms with Gasteiger partial charge in [-0.3, -0.25) is 4.79 Å². The molecule has 0 rings (SSSR count). The van der Waals surface area contributed by atoms with Gasteiger partial charge in [0.25, 0.3) is 0 Å². The quantitative estimate of drug-likeness (QED) is 0.497. The zero-order valence-corrected chi connectivity index (χ0v) is 7.74. The molecular weight excluding hydrogens is 256 g/mol. The van der Waals surface area contributed by atoms with Gasteiger partial charge in [-0.2, -0.15) is 17.6 Å². The maximum atomic E-state index is 12.1. The molecule has 14 heavy (non-hydrogen) atoms. The van der Waals surface area contributed by atoms with E-state index in [0.29, 0.717) is 0 Å². The summed E-state index contributed by atoms with van der Waals surface area (Å²) >= 11 is 0. The average molecular weight is 258 g/mol. The predicted octanol–water partition coefficient (Wildman–Crippen LogP) is -1.04. The molecule has 0 aliphatic carbocycles. The summed E-state index contributed by atoms with van der Waals surface area (Å²) in [5.41, 5.74) is 0. The van der Waals surface area contributed by atoms with E-state index in [-0.39, 0.29) is 0 Å². The first-order chi connectivity index (χ1) is 6.04. The van der Waals surface area contributed by atoms with E-state index in [1.54, 1.807) is 0 Å². The molecule has 0 aromatic rings. The van der Waals surface area contributed by atoms with Crippen molar-refractivity contribution in [3.05, 3.63) is 0 Å². The predicted molar refractivity (Wildman–Crippen MR) is 35.5 cm³/mol. The first-order valence-corrected chi connectivity index (χ1v) is 4.99. The van der Waals surface area contributed by atoms with E-state index in [0.717, 1.165) is 0 Å². The minimum atomic E-state index is -5.39. The van der Waals surface area contributed by atoms with Gasteiger partial charge in [0.1, 0.15) is 0 Å². The molecule has 0 aromatic carbocycles. The summed E-state index contributed by atoms with van der Waals surface area (Å²) in [5, 5.41) is -10.8. The lowest BCUT2D eigenvalue weighted by Crippen LogP contribution is -2.44. The van der Waals surface area contributed by atoms with E-state index in [1.807, 2.05) is 0 Å². The van der Waals surface area contributed by atoms with Gasteiger partial charge >= 0.3 is 16.3 Å². The largest absolute Gasteiger partial charge is 0.407 e. The van der Waals surface area contributed by atoms with Gasteiger partial charge in [-0.25, -0.2) is 16.8 Å². The average Bonchev–Trinajstić information content (AvgIpc) is 2.02. The molecule has 84 valence electrons. The second kappa shape index (κ2) is 3.81. The Morgan fingerprint density at radius 2 is 1.00 bits per heavy atom. The number of halogens is 4. The minimum Gasteiger partial charge on any atom is -0.284 e. The van der Waals surface area contributed by atoms with Gasteiger partial charge in [-0.15, -0.1) is 0 Å². The van der Waals surface area contributed by atoms with Crippen molar-refractivity contribution in [3.63, 3.8) is 0 Å². The maximum absolute atomic E-state index is 12.1. The smallest absolute Gasteiger partial charge is 0.284 e. The number of ketones is 1. The van der Waals surface area contributed by atoms with Crippen LogP contribution >= 0.6 is 0 Å². The van der Waals surface area contributed by atoms with Crippen molar-refractivity contribution in [2.24, 2.45) is 0 Å². The fourth-order valence-corrected chi connectivity index (χ4v) is 1.05. The van der Waals surface area contributed by atoms with Crippen LogP contribution in [0, 0.1) is 0 Å². The van der Waals surface area contributed by atoms with Crippen LogP contribution in [0.5, 0.6) is 0 Å². The highest BCUT2D eigenvalue weighted by Crippen LogP contribution is 2.27. The normalized spacial score (nSPS) is 13.6. The van der Waals surface area contributed by atoms with Gasteiger partial charge in [-0.1, -0.05) is 0 Å². The van der Waals surface area contributed by atoms with Crippen LogP contribution in [0.1, 0.15) is 0 Å². The molecule has 0 fully saturated rings. The fourth-order valence-electron chi connectivity index (χ4n) is 0.347. The van der Waals surface area contributed by atoms with Crippen LogP contribution in [0.4, 0.5) is 17.6 Å². The third-order valence-corrected chi connectivity index (χ3v) is 2.33. The number of hydrogen-bond acceptors (Lipinski definition) is 5. The Kier molecular flexibility index (Phi) is 3.61. The van der Waals surface area contributed by atoms with E-state index in [2.05, 4.69) is 0 Å². The maximum Gasteiger partial charge on any atom is 0.407 e. The molecule has 0 saturated carbocycles. The Labute approximate surface area is 77.6 Å². The van der Waals surface area contributed by atoms with E-state index in [4.69, 9.17) is 0 Å². The summed E-state index contributed by atoms with van der Waals surface area (Å²) in [5.74, 6) is -3.47. The van der Waals surface area contributed by atoms with Gasteiger partial charge in [0, 0.05) is 0 Å². The van der Waals surface area contributed by atoms with E-state index in [9.17, 15) is 39.2 Å². The number of carbonyl (C=O) groups is 1. The second-order valence-electron chi connectivity index (χ2n) is 1.93. The second-order valence-corrected chi connectivity index (χ2v) is 4.08. The van der Waals surface area contributed by atoms with E-state index in [1.165, 1.54) is 0 Å². The molecule has 11 heteroatoms. The number of rotatable bonds is 4. The molecule has 0 radical (unpaired) electrons. The summed E-state index contributed by atoms with van der Waals surface area (Å²) < 4.78 is 87.1. The lowest BCUT2D eigenvalue weighted by molar-refractivity contribution is -0.148. The van der Waals surface area contributed by atoms with Gasteiger partial charge in [0.15, 0.2) is 0 Å².